The summed E-state index contributed by atoms with van der Waals surface area (Å²) in [6, 6.07) is 11.6. The summed E-state index contributed by atoms with van der Waals surface area (Å²) in [4.78, 5) is 15.4. The van der Waals surface area contributed by atoms with Crippen molar-refractivity contribution in [2.75, 3.05) is 40.5 Å². The molecule has 7 heteroatoms. The zero-order valence-electron chi connectivity index (χ0n) is 20.4. The lowest BCUT2D eigenvalue weighted by atomic mass is 9.78. The quantitative estimate of drug-likeness (QED) is 0.692. The molecule has 4 aliphatic heterocycles. The number of nitrogens with zero attached hydrogens (tertiary/aromatic N) is 1. The van der Waals surface area contributed by atoms with Gasteiger partial charge in [-0.2, -0.15) is 0 Å². The Bertz CT molecular complexity index is 1040. The molecule has 4 aliphatic rings. The first-order valence-electron chi connectivity index (χ1n) is 12.1. The van der Waals surface area contributed by atoms with Crippen LogP contribution in [0.15, 0.2) is 36.4 Å². The summed E-state index contributed by atoms with van der Waals surface area (Å²) in [5.74, 6) is 2.68. The van der Waals surface area contributed by atoms with Gasteiger partial charge in [-0.25, -0.2) is 4.79 Å². The Kier molecular flexibility index (Phi) is 6.06. The van der Waals surface area contributed by atoms with Gasteiger partial charge in [-0.05, 0) is 55.6 Å². The van der Waals surface area contributed by atoms with Crippen molar-refractivity contribution in [3.05, 3.63) is 42.0 Å². The summed E-state index contributed by atoms with van der Waals surface area (Å²) in [6.07, 6.45) is 1.85. The molecule has 2 aromatic rings. The number of carbonyl (C=O) groups excluding carboxylic acids is 1. The van der Waals surface area contributed by atoms with Crippen molar-refractivity contribution in [2.24, 2.45) is 11.3 Å². The van der Waals surface area contributed by atoms with Crippen molar-refractivity contribution in [2.45, 2.75) is 38.8 Å². The summed E-state index contributed by atoms with van der Waals surface area (Å²) in [5, 5.41) is 3.17. The number of amides is 1. The van der Waals surface area contributed by atoms with Crippen LogP contribution in [-0.2, 0) is 4.74 Å². The number of ether oxygens (including phenoxy) is 4. The van der Waals surface area contributed by atoms with Crippen LogP contribution in [0, 0.1) is 11.3 Å². The minimum atomic E-state index is -0.347. The Morgan fingerprint density at radius 1 is 1.09 bits per heavy atom. The summed E-state index contributed by atoms with van der Waals surface area (Å²) in [5.41, 5.74) is 2.46. The van der Waals surface area contributed by atoms with E-state index in [0.717, 1.165) is 66.4 Å². The lowest BCUT2D eigenvalue weighted by Gasteiger charge is -2.44. The lowest BCUT2D eigenvalue weighted by Crippen LogP contribution is -2.53. The summed E-state index contributed by atoms with van der Waals surface area (Å²) in [7, 11) is 3.30. The molecule has 1 unspecified atom stereocenters. The van der Waals surface area contributed by atoms with E-state index in [1.165, 1.54) is 0 Å². The van der Waals surface area contributed by atoms with Gasteiger partial charge in [0.25, 0.3) is 0 Å². The molecule has 2 bridgehead atoms. The van der Waals surface area contributed by atoms with Gasteiger partial charge in [0.05, 0.1) is 32.4 Å². The molecule has 0 aliphatic carbocycles. The number of nitrogens with one attached hydrogen (secondary N) is 1. The second kappa shape index (κ2) is 9.02. The van der Waals surface area contributed by atoms with E-state index in [4.69, 9.17) is 18.9 Å². The third kappa shape index (κ3) is 4.17. The van der Waals surface area contributed by atoms with Gasteiger partial charge >= 0.3 is 6.09 Å². The van der Waals surface area contributed by atoms with Crippen LogP contribution in [0.2, 0.25) is 0 Å². The predicted octanol–water partition coefficient (Wildman–Crippen LogP) is 4.65. The predicted molar refractivity (Wildman–Crippen MR) is 130 cm³/mol. The fraction of sp³-hybridized carbons (Fsp3) is 0.519. The fourth-order valence-corrected chi connectivity index (χ4v) is 5.56. The maximum absolute atomic E-state index is 13.0. The van der Waals surface area contributed by atoms with E-state index in [1.54, 1.807) is 14.2 Å². The van der Waals surface area contributed by atoms with E-state index in [9.17, 15) is 4.79 Å². The van der Waals surface area contributed by atoms with Crippen molar-refractivity contribution >= 4 is 6.09 Å². The summed E-state index contributed by atoms with van der Waals surface area (Å²) >= 11 is 0. The number of piperidine rings is 3. The highest BCUT2D eigenvalue weighted by Gasteiger charge is 2.41. The van der Waals surface area contributed by atoms with E-state index < -0.39 is 0 Å². The van der Waals surface area contributed by atoms with Crippen molar-refractivity contribution in [3.63, 3.8) is 0 Å². The van der Waals surface area contributed by atoms with E-state index in [2.05, 4.69) is 24.1 Å². The molecule has 0 saturated carbocycles. The molecule has 182 valence electrons. The molecule has 0 spiro atoms. The standard InChI is InChI=1S/C27H34N2O5/c1-27(2)16-33-22-14-18(24-20(31-3)6-5-7-21(24)32-4)8-9-19(22)25(27)28-26(30)34-23-15-29-12-10-17(23)11-13-29/h5-9,14,17,23,25H,10-13,15-16H2,1-4H3,(H,28,30)/t23-,25?/m0/s1. The highest BCUT2D eigenvalue weighted by atomic mass is 16.6. The molecule has 6 rings (SSSR count). The van der Waals surface area contributed by atoms with E-state index >= 15 is 0 Å². The molecule has 1 amide bonds. The van der Waals surface area contributed by atoms with E-state index in [-0.39, 0.29) is 23.7 Å². The maximum atomic E-state index is 13.0. The van der Waals surface area contributed by atoms with Gasteiger partial charge in [-0.1, -0.05) is 32.0 Å². The van der Waals surface area contributed by atoms with Crippen LogP contribution in [0.3, 0.4) is 0 Å². The number of hydrogen-bond acceptors (Lipinski definition) is 6. The minimum absolute atomic E-state index is 0.0229. The zero-order valence-corrected chi connectivity index (χ0v) is 20.4. The average Bonchev–Trinajstić information content (AvgIpc) is 2.85. The Labute approximate surface area is 201 Å². The first-order valence-corrected chi connectivity index (χ1v) is 12.1. The zero-order chi connectivity index (χ0) is 23.9. The Morgan fingerprint density at radius 3 is 2.41 bits per heavy atom. The minimum Gasteiger partial charge on any atom is -0.496 e. The highest BCUT2D eigenvalue weighted by Crippen LogP contribution is 2.46. The topological polar surface area (TPSA) is 69.3 Å². The van der Waals surface area contributed by atoms with Crippen LogP contribution >= 0.6 is 0 Å². The number of methoxy groups -OCH3 is 2. The lowest BCUT2D eigenvalue weighted by molar-refractivity contribution is -0.0361. The van der Waals surface area contributed by atoms with Gasteiger partial charge < -0.3 is 24.3 Å². The molecule has 3 fully saturated rings. The van der Waals surface area contributed by atoms with Crippen LogP contribution in [0.4, 0.5) is 4.79 Å². The fourth-order valence-electron chi connectivity index (χ4n) is 5.56. The average molecular weight is 467 g/mol. The number of hydrogen-bond donors (Lipinski definition) is 1. The number of benzene rings is 2. The van der Waals surface area contributed by atoms with Gasteiger partial charge in [0.15, 0.2) is 0 Å². The largest absolute Gasteiger partial charge is 0.496 e. The van der Waals surface area contributed by atoms with Crippen molar-refractivity contribution in [1.82, 2.24) is 10.2 Å². The van der Waals surface area contributed by atoms with Gasteiger partial charge in [0, 0.05) is 17.5 Å². The van der Waals surface area contributed by atoms with Gasteiger partial charge in [-0.15, -0.1) is 0 Å². The van der Waals surface area contributed by atoms with Gasteiger partial charge in [0.1, 0.15) is 23.4 Å². The van der Waals surface area contributed by atoms with Crippen LogP contribution in [0.25, 0.3) is 11.1 Å². The number of carbonyl (C=O) groups is 1. The van der Waals surface area contributed by atoms with Crippen molar-refractivity contribution < 1.29 is 23.7 Å². The molecule has 2 atom stereocenters. The van der Waals surface area contributed by atoms with Crippen LogP contribution in [0.1, 0.15) is 38.3 Å². The van der Waals surface area contributed by atoms with E-state index in [0.29, 0.717) is 12.5 Å². The number of alkyl carbamates (subject to hydrolysis) is 1. The van der Waals surface area contributed by atoms with Crippen LogP contribution < -0.4 is 19.5 Å². The van der Waals surface area contributed by atoms with Crippen molar-refractivity contribution in [3.8, 4) is 28.4 Å². The smallest absolute Gasteiger partial charge is 0.407 e. The number of fused-ring (bicyclic) bond motifs is 4. The normalized spacial score (nSPS) is 26.7. The molecule has 34 heavy (non-hydrogen) atoms. The Balaban J connectivity index is 1.40. The summed E-state index contributed by atoms with van der Waals surface area (Å²) < 4.78 is 23.3. The highest BCUT2D eigenvalue weighted by molar-refractivity contribution is 5.78. The van der Waals surface area contributed by atoms with Gasteiger partial charge in [0.2, 0.25) is 0 Å². The first kappa shape index (κ1) is 22.8. The molecule has 0 aromatic heterocycles. The monoisotopic (exact) mass is 466 g/mol. The molecule has 7 nitrogen and oxygen atoms in total. The molecule has 1 N–H and O–H groups in total. The van der Waals surface area contributed by atoms with E-state index in [1.807, 2.05) is 36.4 Å². The molecular formula is C27H34N2O5. The van der Waals surface area contributed by atoms with Crippen LogP contribution in [-0.4, -0.2) is 57.6 Å². The Morgan fingerprint density at radius 2 is 1.79 bits per heavy atom. The molecule has 3 saturated heterocycles. The van der Waals surface area contributed by atoms with Crippen LogP contribution in [0.5, 0.6) is 17.2 Å². The molecule has 2 aromatic carbocycles. The third-order valence-corrected chi connectivity index (χ3v) is 7.54. The first-order chi connectivity index (χ1) is 16.4. The Hall–Kier alpha value is -2.93. The molecule has 4 heterocycles. The maximum Gasteiger partial charge on any atom is 0.407 e. The molecule has 0 radical (unpaired) electrons. The molecular weight excluding hydrogens is 432 g/mol. The SMILES string of the molecule is COc1cccc(OC)c1-c1ccc2c(c1)OCC(C)(C)C2NC(=O)O[C@H]1CN2CCC1CC2. The number of rotatable bonds is 5. The summed E-state index contributed by atoms with van der Waals surface area (Å²) in [6.45, 7) is 7.77. The second-order valence-corrected chi connectivity index (χ2v) is 10.2. The van der Waals surface area contributed by atoms with Gasteiger partial charge in [-0.3, -0.25) is 4.90 Å². The van der Waals surface area contributed by atoms with Crippen molar-refractivity contribution in [1.29, 1.82) is 0 Å². The second-order valence-electron chi connectivity index (χ2n) is 10.2. The third-order valence-electron chi connectivity index (χ3n) is 7.54.